The Balaban J connectivity index is 1.50. The van der Waals surface area contributed by atoms with Gasteiger partial charge in [-0.1, -0.05) is 48.9 Å². The van der Waals surface area contributed by atoms with Crippen molar-refractivity contribution in [2.24, 2.45) is 0 Å². The van der Waals surface area contributed by atoms with Crippen LogP contribution in [0.15, 0.2) is 54.6 Å². The second-order valence-electron chi connectivity index (χ2n) is 8.00. The SMILES string of the molecule is Cc1ccccc1CN(C)C(=O)CN1CCCCC1CNC(=O)Nc1ccccc1. The van der Waals surface area contributed by atoms with Crippen molar-refractivity contribution in [3.05, 3.63) is 65.7 Å². The first-order valence-corrected chi connectivity index (χ1v) is 10.7. The van der Waals surface area contributed by atoms with Crippen molar-refractivity contribution in [2.45, 2.75) is 38.8 Å². The van der Waals surface area contributed by atoms with E-state index in [9.17, 15) is 9.59 Å². The topological polar surface area (TPSA) is 64.7 Å². The van der Waals surface area contributed by atoms with Gasteiger partial charge in [-0.05, 0) is 49.6 Å². The van der Waals surface area contributed by atoms with Crippen LogP contribution in [-0.2, 0) is 11.3 Å². The zero-order valence-corrected chi connectivity index (χ0v) is 17.9. The maximum atomic E-state index is 12.8. The molecule has 2 aromatic rings. The summed E-state index contributed by atoms with van der Waals surface area (Å²) in [5, 5.41) is 5.81. The van der Waals surface area contributed by atoms with E-state index in [1.807, 2.05) is 49.5 Å². The van der Waals surface area contributed by atoms with E-state index in [0.29, 0.717) is 19.6 Å². The molecule has 1 unspecified atom stereocenters. The Bertz CT molecular complexity index is 840. The molecule has 1 aliphatic rings. The lowest BCUT2D eigenvalue weighted by Gasteiger charge is -2.36. The van der Waals surface area contributed by atoms with Crippen molar-refractivity contribution in [3.63, 3.8) is 0 Å². The summed E-state index contributed by atoms with van der Waals surface area (Å²) in [5.41, 5.74) is 3.13. The van der Waals surface area contributed by atoms with Crippen LogP contribution < -0.4 is 10.6 Å². The molecule has 160 valence electrons. The molecule has 3 amide bonds. The van der Waals surface area contributed by atoms with Crippen LogP contribution >= 0.6 is 0 Å². The summed E-state index contributed by atoms with van der Waals surface area (Å²) >= 11 is 0. The van der Waals surface area contributed by atoms with Crippen LogP contribution in [0.25, 0.3) is 0 Å². The Kier molecular flexibility index (Phi) is 7.85. The molecule has 6 nitrogen and oxygen atoms in total. The van der Waals surface area contributed by atoms with Crippen LogP contribution in [0.2, 0.25) is 0 Å². The number of rotatable bonds is 7. The zero-order valence-electron chi connectivity index (χ0n) is 17.9. The number of hydrogen-bond donors (Lipinski definition) is 2. The number of carbonyl (C=O) groups excluding carboxylic acids is 2. The first kappa shape index (κ1) is 21.8. The van der Waals surface area contributed by atoms with Crippen molar-refractivity contribution in [1.29, 1.82) is 0 Å². The highest BCUT2D eigenvalue weighted by atomic mass is 16.2. The van der Waals surface area contributed by atoms with Crippen molar-refractivity contribution in [3.8, 4) is 0 Å². The number of likely N-dealkylation sites (N-methyl/N-ethyl adjacent to an activating group) is 1. The molecule has 0 saturated carbocycles. The minimum Gasteiger partial charge on any atom is -0.340 e. The molecule has 0 aromatic heterocycles. The Hall–Kier alpha value is -2.86. The second kappa shape index (κ2) is 10.8. The van der Waals surface area contributed by atoms with Gasteiger partial charge in [-0.3, -0.25) is 9.69 Å². The van der Waals surface area contributed by atoms with Crippen LogP contribution in [0.1, 0.15) is 30.4 Å². The third-order valence-corrected chi connectivity index (χ3v) is 5.71. The minimum atomic E-state index is -0.213. The quantitative estimate of drug-likeness (QED) is 0.735. The predicted octanol–water partition coefficient (Wildman–Crippen LogP) is 3.63. The van der Waals surface area contributed by atoms with E-state index >= 15 is 0 Å². The number of amides is 3. The van der Waals surface area contributed by atoms with E-state index in [1.165, 1.54) is 11.1 Å². The van der Waals surface area contributed by atoms with E-state index in [0.717, 1.165) is 31.5 Å². The Morgan fingerprint density at radius 2 is 1.80 bits per heavy atom. The largest absolute Gasteiger partial charge is 0.340 e. The number of urea groups is 1. The Morgan fingerprint density at radius 1 is 1.07 bits per heavy atom. The van der Waals surface area contributed by atoms with Gasteiger partial charge in [0.05, 0.1) is 6.54 Å². The van der Waals surface area contributed by atoms with Crippen molar-refractivity contribution in [2.75, 3.05) is 32.0 Å². The van der Waals surface area contributed by atoms with Crippen molar-refractivity contribution >= 4 is 17.6 Å². The number of benzene rings is 2. The zero-order chi connectivity index (χ0) is 21.3. The van der Waals surface area contributed by atoms with Gasteiger partial charge in [0.1, 0.15) is 0 Å². The first-order chi connectivity index (χ1) is 14.5. The average molecular weight is 409 g/mol. The lowest BCUT2D eigenvalue weighted by Crippen LogP contribution is -2.50. The van der Waals surface area contributed by atoms with Gasteiger partial charge in [0.2, 0.25) is 5.91 Å². The molecule has 2 aromatic carbocycles. The molecular weight excluding hydrogens is 376 g/mol. The number of para-hydroxylation sites is 1. The van der Waals surface area contributed by atoms with Gasteiger partial charge in [0.25, 0.3) is 0 Å². The molecule has 1 saturated heterocycles. The standard InChI is InChI=1S/C24H32N4O2/c1-19-10-6-7-11-20(19)17-27(2)23(29)18-28-15-9-8-14-22(28)16-25-24(30)26-21-12-4-3-5-13-21/h3-7,10-13,22H,8-9,14-18H2,1-2H3,(H2,25,26,30). The van der Waals surface area contributed by atoms with E-state index < -0.39 is 0 Å². The van der Waals surface area contributed by atoms with E-state index in [4.69, 9.17) is 0 Å². The summed E-state index contributed by atoms with van der Waals surface area (Å²) < 4.78 is 0. The molecule has 0 bridgehead atoms. The van der Waals surface area contributed by atoms with Crippen LogP contribution in [0, 0.1) is 6.92 Å². The fourth-order valence-electron chi connectivity index (χ4n) is 3.83. The highest BCUT2D eigenvalue weighted by Crippen LogP contribution is 2.17. The number of hydrogen-bond acceptors (Lipinski definition) is 3. The van der Waals surface area contributed by atoms with Gasteiger partial charge in [-0.25, -0.2) is 4.79 Å². The van der Waals surface area contributed by atoms with Crippen molar-refractivity contribution in [1.82, 2.24) is 15.1 Å². The highest BCUT2D eigenvalue weighted by molar-refractivity contribution is 5.89. The van der Waals surface area contributed by atoms with Crippen LogP contribution in [-0.4, -0.2) is 54.5 Å². The number of likely N-dealkylation sites (tertiary alicyclic amines) is 1. The van der Waals surface area contributed by atoms with Gasteiger partial charge < -0.3 is 15.5 Å². The predicted molar refractivity (Wildman–Crippen MR) is 120 cm³/mol. The summed E-state index contributed by atoms with van der Waals surface area (Å²) in [6, 6.07) is 17.5. The van der Waals surface area contributed by atoms with Crippen LogP contribution in [0.4, 0.5) is 10.5 Å². The first-order valence-electron chi connectivity index (χ1n) is 10.7. The minimum absolute atomic E-state index is 0.110. The maximum absolute atomic E-state index is 12.8. The van der Waals surface area contributed by atoms with E-state index in [1.54, 1.807) is 4.90 Å². The van der Waals surface area contributed by atoms with Gasteiger partial charge in [0.15, 0.2) is 0 Å². The van der Waals surface area contributed by atoms with E-state index in [2.05, 4.69) is 34.6 Å². The smallest absolute Gasteiger partial charge is 0.319 e. The number of anilines is 1. The van der Waals surface area contributed by atoms with Gasteiger partial charge in [-0.15, -0.1) is 0 Å². The lowest BCUT2D eigenvalue weighted by atomic mass is 10.0. The monoisotopic (exact) mass is 408 g/mol. The number of nitrogens with one attached hydrogen (secondary N) is 2. The fourth-order valence-corrected chi connectivity index (χ4v) is 3.83. The molecule has 1 heterocycles. The lowest BCUT2D eigenvalue weighted by molar-refractivity contribution is -0.132. The van der Waals surface area contributed by atoms with Crippen LogP contribution in [0.3, 0.4) is 0 Å². The molecule has 0 spiro atoms. The van der Waals surface area contributed by atoms with Crippen LogP contribution in [0.5, 0.6) is 0 Å². The second-order valence-corrected chi connectivity index (χ2v) is 8.00. The number of carbonyl (C=O) groups is 2. The molecule has 2 N–H and O–H groups in total. The summed E-state index contributed by atoms with van der Waals surface area (Å²) in [4.78, 5) is 29.1. The van der Waals surface area contributed by atoms with E-state index in [-0.39, 0.29) is 18.0 Å². The molecule has 3 rings (SSSR count). The number of piperidine rings is 1. The molecule has 1 fully saturated rings. The van der Waals surface area contributed by atoms with Crippen molar-refractivity contribution < 1.29 is 9.59 Å². The molecular formula is C24H32N4O2. The number of aryl methyl sites for hydroxylation is 1. The highest BCUT2D eigenvalue weighted by Gasteiger charge is 2.26. The molecule has 30 heavy (non-hydrogen) atoms. The van der Waals surface area contributed by atoms with Gasteiger partial charge >= 0.3 is 6.03 Å². The third-order valence-electron chi connectivity index (χ3n) is 5.71. The van der Waals surface area contributed by atoms with Gasteiger partial charge in [-0.2, -0.15) is 0 Å². The molecule has 6 heteroatoms. The molecule has 0 radical (unpaired) electrons. The summed E-state index contributed by atoms with van der Waals surface area (Å²) in [5.74, 6) is 0.110. The Morgan fingerprint density at radius 3 is 2.57 bits per heavy atom. The molecule has 1 atom stereocenters. The Labute approximate surface area is 179 Å². The summed E-state index contributed by atoms with van der Waals surface area (Å²) in [7, 11) is 1.86. The maximum Gasteiger partial charge on any atom is 0.319 e. The third kappa shape index (κ3) is 6.32. The fraction of sp³-hybridized carbons (Fsp3) is 0.417. The summed E-state index contributed by atoms with van der Waals surface area (Å²) in [6.07, 6.45) is 3.19. The average Bonchev–Trinajstić information content (AvgIpc) is 2.75. The van der Waals surface area contributed by atoms with Gasteiger partial charge in [0, 0.05) is 31.9 Å². The summed E-state index contributed by atoms with van der Waals surface area (Å²) in [6.45, 7) is 4.49. The normalized spacial score (nSPS) is 16.7. The molecule has 0 aliphatic carbocycles. The number of nitrogens with zero attached hydrogens (tertiary/aromatic N) is 2. The molecule has 1 aliphatic heterocycles.